The fraction of sp³-hybridized carbons (Fsp3) is 0.545. The minimum absolute atomic E-state index is 0.165. The zero-order valence-corrected chi connectivity index (χ0v) is 17.6. The molecule has 1 aromatic carbocycles. The van der Waals surface area contributed by atoms with Gasteiger partial charge < -0.3 is 15.1 Å². The molecule has 2 atom stereocenters. The third-order valence-corrected chi connectivity index (χ3v) is 7.00. The van der Waals surface area contributed by atoms with Gasteiger partial charge in [0.2, 0.25) is 17.7 Å². The Hall–Kier alpha value is -2.78. The molecule has 9 nitrogen and oxygen atoms in total. The summed E-state index contributed by atoms with van der Waals surface area (Å²) < 4.78 is 0. The van der Waals surface area contributed by atoms with E-state index in [1.807, 2.05) is 35.0 Å². The highest BCUT2D eigenvalue weighted by molar-refractivity contribution is 6.06. The first-order chi connectivity index (χ1) is 14.9. The number of carbonyl (C=O) groups excluding carboxylic acids is 4. The number of benzene rings is 1. The smallest absolute Gasteiger partial charge is 0.255 e. The Bertz CT molecular complexity index is 959. The quantitative estimate of drug-likeness (QED) is 0.614. The molecule has 0 aromatic heterocycles. The zero-order valence-electron chi connectivity index (χ0n) is 17.6. The molecule has 4 amide bonds. The van der Waals surface area contributed by atoms with Gasteiger partial charge in [-0.2, -0.15) is 0 Å². The summed E-state index contributed by atoms with van der Waals surface area (Å²) >= 11 is 0. The lowest BCUT2D eigenvalue weighted by molar-refractivity contribution is -0.137. The number of amides is 4. The molecule has 2 unspecified atom stereocenters. The summed E-state index contributed by atoms with van der Waals surface area (Å²) in [5, 5.41) is 5.55. The van der Waals surface area contributed by atoms with Crippen molar-refractivity contribution in [1.29, 1.82) is 0 Å². The highest BCUT2D eigenvalue weighted by Crippen LogP contribution is 2.31. The number of nitrogens with one attached hydrogen (secondary N) is 2. The SMILES string of the molecule is CN(Cc1cccc2c1C(=O)N(C1CCC(=O)NC1=O)C2)C1CCN(C2CNC2)C1=O. The molecule has 3 saturated heterocycles. The van der Waals surface area contributed by atoms with E-state index >= 15 is 0 Å². The number of nitrogens with zero attached hydrogens (tertiary/aromatic N) is 3. The van der Waals surface area contributed by atoms with Crippen molar-refractivity contribution in [2.75, 3.05) is 26.7 Å². The summed E-state index contributed by atoms with van der Waals surface area (Å²) in [6, 6.07) is 5.26. The third kappa shape index (κ3) is 3.41. The van der Waals surface area contributed by atoms with E-state index in [9.17, 15) is 19.2 Å². The number of fused-ring (bicyclic) bond motifs is 1. The average molecular weight is 425 g/mol. The number of hydrogen-bond donors (Lipinski definition) is 2. The zero-order chi connectivity index (χ0) is 21.7. The maximum Gasteiger partial charge on any atom is 0.255 e. The summed E-state index contributed by atoms with van der Waals surface area (Å²) in [5.41, 5.74) is 2.39. The van der Waals surface area contributed by atoms with Gasteiger partial charge in [-0.1, -0.05) is 18.2 Å². The number of hydrogen-bond acceptors (Lipinski definition) is 6. The minimum atomic E-state index is -0.621. The van der Waals surface area contributed by atoms with E-state index in [4.69, 9.17) is 0 Å². The van der Waals surface area contributed by atoms with Crippen molar-refractivity contribution in [2.24, 2.45) is 0 Å². The summed E-state index contributed by atoms with van der Waals surface area (Å²) in [7, 11) is 1.93. The number of rotatable bonds is 5. The predicted octanol–water partition coefficient (Wildman–Crippen LogP) is -0.548. The van der Waals surface area contributed by atoms with Crippen molar-refractivity contribution < 1.29 is 19.2 Å². The maximum atomic E-state index is 13.3. The van der Waals surface area contributed by atoms with Crippen LogP contribution < -0.4 is 10.6 Å². The Morgan fingerprint density at radius 1 is 1.10 bits per heavy atom. The van der Waals surface area contributed by atoms with E-state index in [0.717, 1.165) is 37.2 Å². The molecule has 4 aliphatic heterocycles. The molecule has 0 saturated carbocycles. The maximum absolute atomic E-state index is 13.3. The molecule has 0 aliphatic carbocycles. The van der Waals surface area contributed by atoms with Gasteiger partial charge in [0.25, 0.3) is 5.91 Å². The molecule has 3 fully saturated rings. The van der Waals surface area contributed by atoms with Crippen LogP contribution in [0.3, 0.4) is 0 Å². The van der Waals surface area contributed by atoms with Crippen LogP contribution in [0.25, 0.3) is 0 Å². The largest absolute Gasteiger partial charge is 0.336 e. The standard InChI is InChI=1S/C22H27N5O4/c1-25(17-7-8-26(21(17)30)15-9-23-10-15)11-13-3-2-4-14-12-27(22(31)19(13)14)16-5-6-18(28)24-20(16)29/h2-4,15-17,23H,5-12H2,1H3,(H,24,28,29). The van der Waals surface area contributed by atoms with Gasteiger partial charge in [-0.15, -0.1) is 0 Å². The van der Waals surface area contributed by atoms with E-state index in [1.54, 1.807) is 4.90 Å². The van der Waals surface area contributed by atoms with Crippen LogP contribution in [0.4, 0.5) is 0 Å². The fourth-order valence-electron chi connectivity index (χ4n) is 5.15. The molecule has 0 radical (unpaired) electrons. The molecule has 2 N–H and O–H groups in total. The van der Waals surface area contributed by atoms with Crippen molar-refractivity contribution in [3.05, 3.63) is 34.9 Å². The Labute approximate surface area is 180 Å². The topological polar surface area (TPSA) is 102 Å². The van der Waals surface area contributed by atoms with E-state index < -0.39 is 11.9 Å². The van der Waals surface area contributed by atoms with Gasteiger partial charge in [0, 0.05) is 44.7 Å². The van der Waals surface area contributed by atoms with Crippen molar-refractivity contribution in [2.45, 2.75) is 50.5 Å². The number of imide groups is 1. The molecular weight excluding hydrogens is 398 g/mol. The van der Waals surface area contributed by atoms with Crippen LogP contribution >= 0.6 is 0 Å². The van der Waals surface area contributed by atoms with E-state index in [1.165, 1.54) is 0 Å². The first-order valence-electron chi connectivity index (χ1n) is 10.9. The highest BCUT2D eigenvalue weighted by Gasteiger charge is 2.42. The first kappa shape index (κ1) is 20.1. The molecule has 4 heterocycles. The van der Waals surface area contributed by atoms with Crippen LogP contribution in [0, 0.1) is 0 Å². The summed E-state index contributed by atoms with van der Waals surface area (Å²) in [6.45, 7) is 3.35. The minimum Gasteiger partial charge on any atom is -0.336 e. The summed E-state index contributed by atoms with van der Waals surface area (Å²) in [5.74, 6) is -0.703. The van der Waals surface area contributed by atoms with Crippen molar-refractivity contribution in [3.8, 4) is 0 Å². The molecule has 31 heavy (non-hydrogen) atoms. The molecule has 4 aliphatic rings. The van der Waals surface area contributed by atoms with Crippen LogP contribution in [0.5, 0.6) is 0 Å². The lowest BCUT2D eigenvalue weighted by Gasteiger charge is -2.36. The van der Waals surface area contributed by atoms with Gasteiger partial charge in [0.1, 0.15) is 6.04 Å². The fourth-order valence-corrected chi connectivity index (χ4v) is 5.15. The van der Waals surface area contributed by atoms with Crippen LogP contribution in [-0.4, -0.2) is 83.1 Å². The summed E-state index contributed by atoms with van der Waals surface area (Å²) in [6.07, 6.45) is 1.38. The van der Waals surface area contributed by atoms with Gasteiger partial charge in [-0.25, -0.2) is 0 Å². The second kappa shape index (κ2) is 7.72. The van der Waals surface area contributed by atoms with Gasteiger partial charge >= 0.3 is 0 Å². The molecule has 0 spiro atoms. The molecule has 5 rings (SSSR count). The number of piperidine rings is 1. The normalized spacial score (nSPS) is 26.5. The second-order valence-electron chi connectivity index (χ2n) is 8.91. The van der Waals surface area contributed by atoms with E-state index in [0.29, 0.717) is 31.1 Å². The Balaban J connectivity index is 1.31. The van der Waals surface area contributed by atoms with Gasteiger partial charge in [0.15, 0.2) is 0 Å². The van der Waals surface area contributed by atoms with Gasteiger partial charge in [-0.3, -0.25) is 29.4 Å². The van der Waals surface area contributed by atoms with Crippen LogP contribution in [0.1, 0.15) is 40.7 Å². The lowest BCUT2D eigenvalue weighted by Crippen LogP contribution is -2.58. The Kier molecular flexibility index (Phi) is 5.02. The average Bonchev–Trinajstić information content (AvgIpc) is 3.22. The monoisotopic (exact) mass is 425 g/mol. The van der Waals surface area contributed by atoms with Crippen molar-refractivity contribution in [3.63, 3.8) is 0 Å². The van der Waals surface area contributed by atoms with E-state index in [-0.39, 0.29) is 30.2 Å². The van der Waals surface area contributed by atoms with Crippen LogP contribution in [0.2, 0.25) is 0 Å². The molecule has 164 valence electrons. The van der Waals surface area contributed by atoms with Crippen molar-refractivity contribution >= 4 is 23.6 Å². The first-order valence-corrected chi connectivity index (χ1v) is 10.9. The predicted molar refractivity (Wildman–Crippen MR) is 111 cm³/mol. The van der Waals surface area contributed by atoms with Crippen LogP contribution in [0.15, 0.2) is 18.2 Å². The van der Waals surface area contributed by atoms with Crippen molar-refractivity contribution in [1.82, 2.24) is 25.3 Å². The van der Waals surface area contributed by atoms with Gasteiger partial charge in [-0.05, 0) is 31.0 Å². The number of likely N-dealkylation sites (N-methyl/N-ethyl adjacent to an activating group) is 1. The number of carbonyl (C=O) groups is 4. The molecule has 0 bridgehead atoms. The molecule has 9 heteroatoms. The third-order valence-electron chi connectivity index (χ3n) is 7.00. The Morgan fingerprint density at radius 2 is 1.90 bits per heavy atom. The molecular formula is C22H27N5O4. The highest BCUT2D eigenvalue weighted by atomic mass is 16.2. The second-order valence-corrected chi connectivity index (χ2v) is 8.91. The molecule has 1 aromatic rings. The summed E-state index contributed by atoms with van der Waals surface area (Å²) in [4.78, 5) is 55.5. The van der Waals surface area contributed by atoms with Crippen LogP contribution in [-0.2, 0) is 27.5 Å². The Morgan fingerprint density at radius 3 is 2.61 bits per heavy atom. The lowest BCUT2D eigenvalue weighted by atomic mass is 10.0. The number of likely N-dealkylation sites (tertiary alicyclic amines) is 1. The van der Waals surface area contributed by atoms with E-state index in [2.05, 4.69) is 10.6 Å². The van der Waals surface area contributed by atoms with Gasteiger partial charge in [0.05, 0.1) is 12.1 Å².